The fourth-order valence-electron chi connectivity index (χ4n) is 2.62. The van der Waals surface area contributed by atoms with Crippen molar-refractivity contribution in [3.05, 3.63) is 54.2 Å². The largest absolute Gasteiger partial charge is 0.484 e. The third kappa shape index (κ3) is 5.59. The molecule has 2 heterocycles. The Labute approximate surface area is 159 Å². The van der Waals surface area contributed by atoms with Crippen molar-refractivity contribution in [3.8, 4) is 11.6 Å². The van der Waals surface area contributed by atoms with E-state index in [1.807, 2.05) is 6.07 Å². The Morgan fingerprint density at radius 3 is 2.68 bits per heavy atom. The lowest BCUT2D eigenvalue weighted by atomic mass is 10.3. The Balaban J connectivity index is 1.56. The van der Waals surface area contributed by atoms with Gasteiger partial charge in [0, 0.05) is 18.8 Å². The van der Waals surface area contributed by atoms with Gasteiger partial charge in [-0.15, -0.1) is 0 Å². The molecular formula is C19H19F3N2O4. The summed E-state index contributed by atoms with van der Waals surface area (Å²) in [6, 6.07) is 11.0. The molecular weight excluding hydrogens is 377 g/mol. The van der Waals surface area contributed by atoms with Gasteiger partial charge < -0.3 is 19.1 Å². The van der Waals surface area contributed by atoms with Gasteiger partial charge in [-0.05, 0) is 18.2 Å². The maximum atomic E-state index is 12.6. The summed E-state index contributed by atoms with van der Waals surface area (Å²) < 4.78 is 54.3. The van der Waals surface area contributed by atoms with Crippen LogP contribution < -0.4 is 9.47 Å². The predicted octanol–water partition coefficient (Wildman–Crippen LogP) is 2.79. The van der Waals surface area contributed by atoms with Crippen LogP contribution in [0.2, 0.25) is 0 Å². The first-order chi connectivity index (χ1) is 13.4. The van der Waals surface area contributed by atoms with E-state index in [2.05, 4.69) is 4.98 Å². The zero-order valence-electron chi connectivity index (χ0n) is 14.9. The topological polar surface area (TPSA) is 60.9 Å². The van der Waals surface area contributed by atoms with E-state index in [0.29, 0.717) is 25.1 Å². The molecule has 1 atom stereocenters. The minimum absolute atomic E-state index is 0.0384. The van der Waals surface area contributed by atoms with Gasteiger partial charge in [0.1, 0.15) is 11.9 Å². The molecule has 9 heteroatoms. The maximum absolute atomic E-state index is 12.6. The van der Waals surface area contributed by atoms with Crippen molar-refractivity contribution in [3.63, 3.8) is 0 Å². The van der Waals surface area contributed by atoms with Gasteiger partial charge in [0.2, 0.25) is 5.88 Å². The number of rotatable bonds is 5. The van der Waals surface area contributed by atoms with Crippen LogP contribution in [0.15, 0.2) is 48.7 Å². The zero-order chi connectivity index (χ0) is 20.0. The first-order valence-electron chi connectivity index (χ1n) is 8.65. The third-order valence-corrected chi connectivity index (χ3v) is 4.04. The highest BCUT2D eigenvalue weighted by Crippen LogP contribution is 2.29. The zero-order valence-corrected chi connectivity index (χ0v) is 14.9. The number of hydrogen-bond donors (Lipinski definition) is 0. The lowest BCUT2D eigenvalue weighted by molar-refractivity contribution is -0.138. The molecule has 1 unspecified atom stereocenters. The standard InChI is InChI=1S/C19H19F3N2O4/c20-19(21,22)14-6-7-17(23-10-14)28-16-11-24(8-9-26-12-16)18(25)13-27-15-4-2-1-3-5-15/h1-7,10,16H,8-9,11-13H2. The Hall–Kier alpha value is -2.81. The summed E-state index contributed by atoms with van der Waals surface area (Å²) >= 11 is 0. The average molecular weight is 396 g/mol. The van der Waals surface area contributed by atoms with E-state index < -0.39 is 17.8 Å². The molecule has 6 nitrogen and oxygen atoms in total. The number of pyridine rings is 1. The molecule has 1 aliphatic rings. The molecule has 3 rings (SSSR count). The summed E-state index contributed by atoms with van der Waals surface area (Å²) in [7, 11) is 0. The number of halogens is 3. The van der Waals surface area contributed by atoms with Crippen LogP contribution in [0.5, 0.6) is 11.6 Å². The van der Waals surface area contributed by atoms with Gasteiger partial charge in [0.25, 0.3) is 5.91 Å². The second kappa shape index (κ2) is 8.92. The van der Waals surface area contributed by atoms with Gasteiger partial charge in [-0.25, -0.2) is 4.98 Å². The molecule has 0 N–H and O–H groups in total. The van der Waals surface area contributed by atoms with Gasteiger partial charge in [0.15, 0.2) is 6.61 Å². The highest BCUT2D eigenvalue weighted by Gasteiger charge is 2.31. The van der Waals surface area contributed by atoms with Crippen LogP contribution in [0.25, 0.3) is 0 Å². The second-order valence-electron chi connectivity index (χ2n) is 6.14. The SMILES string of the molecule is O=C(COc1ccccc1)N1CCOCC(Oc2ccc(C(F)(F)F)cn2)C1. The van der Waals surface area contributed by atoms with E-state index in [1.165, 1.54) is 0 Å². The van der Waals surface area contributed by atoms with Crippen molar-refractivity contribution < 1.29 is 32.2 Å². The molecule has 1 aromatic heterocycles. The number of nitrogens with zero attached hydrogens (tertiary/aromatic N) is 2. The number of benzene rings is 1. The lowest BCUT2D eigenvalue weighted by Gasteiger charge is -2.24. The molecule has 1 aliphatic heterocycles. The molecule has 1 fully saturated rings. The third-order valence-electron chi connectivity index (χ3n) is 4.04. The minimum atomic E-state index is -4.46. The quantitative estimate of drug-likeness (QED) is 0.778. The number of para-hydroxylation sites is 1. The fraction of sp³-hybridized carbons (Fsp3) is 0.368. The van der Waals surface area contributed by atoms with Crippen molar-refractivity contribution in [2.75, 3.05) is 32.9 Å². The van der Waals surface area contributed by atoms with Crippen molar-refractivity contribution >= 4 is 5.91 Å². The van der Waals surface area contributed by atoms with Crippen LogP contribution in [0.3, 0.4) is 0 Å². The van der Waals surface area contributed by atoms with Crippen molar-refractivity contribution in [1.29, 1.82) is 0 Å². The van der Waals surface area contributed by atoms with Crippen LogP contribution in [-0.4, -0.2) is 54.8 Å². The van der Waals surface area contributed by atoms with E-state index >= 15 is 0 Å². The normalized spacial score (nSPS) is 17.7. The Bertz CT molecular complexity index is 769. The second-order valence-corrected chi connectivity index (χ2v) is 6.14. The molecule has 28 heavy (non-hydrogen) atoms. The number of amides is 1. The van der Waals surface area contributed by atoms with Gasteiger partial charge in [-0.1, -0.05) is 18.2 Å². The van der Waals surface area contributed by atoms with E-state index in [0.717, 1.165) is 12.1 Å². The van der Waals surface area contributed by atoms with Crippen LogP contribution in [-0.2, 0) is 15.7 Å². The van der Waals surface area contributed by atoms with Crippen molar-refractivity contribution in [2.45, 2.75) is 12.3 Å². The van der Waals surface area contributed by atoms with Crippen LogP contribution in [0.4, 0.5) is 13.2 Å². The van der Waals surface area contributed by atoms with Crippen LogP contribution >= 0.6 is 0 Å². The van der Waals surface area contributed by atoms with Gasteiger partial charge in [0.05, 0.1) is 25.3 Å². The molecule has 2 aromatic rings. The summed E-state index contributed by atoms with van der Waals surface area (Å²) in [6.45, 7) is 0.996. The summed E-state index contributed by atoms with van der Waals surface area (Å²) in [6.07, 6.45) is -4.30. The van der Waals surface area contributed by atoms with Gasteiger partial charge >= 0.3 is 6.18 Å². The molecule has 150 valence electrons. The number of ether oxygens (including phenoxy) is 3. The maximum Gasteiger partial charge on any atom is 0.417 e. The van der Waals surface area contributed by atoms with E-state index in [9.17, 15) is 18.0 Å². The molecule has 0 saturated carbocycles. The van der Waals surface area contributed by atoms with Crippen molar-refractivity contribution in [2.24, 2.45) is 0 Å². The van der Waals surface area contributed by atoms with E-state index in [-0.39, 0.29) is 31.5 Å². The molecule has 0 spiro atoms. The highest BCUT2D eigenvalue weighted by molar-refractivity contribution is 5.77. The highest BCUT2D eigenvalue weighted by atomic mass is 19.4. The average Bonchev–Trinajstić information content (AvgIpc) is 2.92. The molecule has 1 aromatic carbocycles. The fourth-order valence-corrected chi connectivity index (χ4v) is 2.62. The Morgan fingerprint density at radius 2 is 2.00 bits per heavy atom. The monoisotopic (exact) mass is 396 g/mol. The van der Waals surface area contributed by atoms with Crippen LogP contribution in [0, 0.1) is 0 Å². The van der Waals surface area contributed by atoms with Crippen LogP contribution in [0.1, 0.15) is 5.56 Å². The van der Waals surface area contributed by atoms with E-state index in [1.54, 1.807) is 29.2 Å². The smallest absolute Gasteiger partial charge is 0.417 e. The van der Waals surface area contributed by atoms with Gasteiger partial charge in [-0.3, -0.25) is 4.79 Å². The number of hydrogen-bond acceptors (Lipinski definition) is 5. The molecule has 1 amide bonds. The molecule has 0 aliphatic carbocycles. The summed E-state index contributed by atoms with van der Waals surface area (Å²) in [5.74, 6) is 0.392. The number of carbonyl (C=O) groups excluding carboxylic acids is 1. The Kier molecular flexibility index (Phi) is 6.35. The number of alkyl halides is 3. The summed E-state index contributed by atoms with van der Waals surface area (Å²) in [5.41, 5.74) is -0.855. The summed E-state index contributed by atoms with van der Waals surface area (Å²) in [4.78, 5) is 17.7. The number of carbonyl (C=O) groups is 1. The molecule has 1 saturated heterocycles. The van der Waals surface area contributed by atoms with E-state index in [4.69, 9.17) is 14.2 Å². The van der Waals surface area contributed by atoms with Gasteiger partial charge in [-0.2, -0.15) is 13.2 Å². The summed E-state index contributed by atoms with van der Waals surface area (Å²) in [5, 5.41) is 0. The lowest BCUT2D eigenvalue weighted by Crippen LogP contribution is -2.42. The first kappa shape index (κ1) is 19.9. The number of aromatic nitrogens is 1. The first-order valence-corrected chi connectivity index (χ1v) is 8.65. The van der Waals surface area contributed by atoms with Crippen molar-refractivity contribution in [1.82, 2.24) is 9.88 Å². The Morgan fingerprint density at radius 1 is 1.21 bits per heavy atom. The molecule has 0 radical (unpaired) electrons. The molecule has 0 bridgehead atoms. The predicted molar refractivity (Wildman–Crippen MR) is 93.0 cm³/mol. The minimum Gasteiger partial charge on any atom is -0.484 e.